The third-order valence-corrected chi connectivity index (χ3v) is 2.95. The number of nitrogens with two attached hydrogens (primary N) is 1. The molecule has 0 radical (unpaired) electrons. The molecule has 0 fully saturated rings. The Balaban J connectivity index is 2.79. The van der Waals surface area contributed by atoms with Crippen LogP contribution in [0.1, 0.15) is 19.4 Å². The van der Waals surface area contributed by atoms with Gasteiger partial charge in [0.25, 0.3) is 0 Å². The fraction of sp³-hybridized carbons (Fsp3) is 0.583. The first-order chi connectivity index (χ1) is 8.51. The molecule has 1 heterocycles. The molecule has 1 aromatic heterocycles. The summed E-state index contributed by atoms with van der Waals surface area (Å²) in [6, 6.07) is 0. The normalized spacial score (nSPS) is 10.2. The minimum Gasteiger partial charge on any atom is -0.383 e. The van der Waals surface area contributed by atoms with Gasteiger partial charge in [0.05, 0.1) is 6.54 Å². The molecular weight excluding hydrogens is 230 g/mol. The van der Waals surface area contributed by atoms with Gasteiger partial charge in [-0.1, -0.05) is 0 Å². The predicted octanol–water partition coefficient (Wildman–Crippen LogP) is 0.672. The zero-order valence-electron chi connectivity index (χ0n) is 11.5. The van der Waals surface area contributed by atoms with E-state index in [0.717, 1.165) is 5.56 Å². The summed E-state index contributed by atoms with van der Waals surface area (Å²) in [6.07, 6.45) is 1.41. The molecule has 18 heavy (non-hydrogen) atoms. The molecule has 0 atom stereocenters. The highest BCUT2D eigenvalue weighted by Gasteiger charge is 2.15. The van der Waals surface area contributed by atoms with Gasteiger partial charge in [-0.2, -0.15) is 0 Å². The number of carbonyl (C=O) groups is 1. The van der Waals surface area contributed by atoms with Crippen LogP contribution >= 0.6 is 0 Å². The van der Waals surface area contributed by atoms with E-state index in [9.17, 15) is 4.79 Å². The third-order valence-electron chi connectivity index (χ3n) is 2.95. The molecule has 0 saturated carbocycles. The van der Waals surface area contributed by atoms with Crippen LogP contribution in [0.5, 0.6) is 0 Å². The highest BCUT2D eigenvalue weighted by Crippen LogP contribution is 2.18. The minimum absolute atomic E-state index is 0.0825. The average molecular weight is 251 g/mol. The molecule has 100 valence electrons. The molecule has 6 nitrogen and oxygen atoms in total. The Morgan fingerprint density at radius 2 is 1.94 bits per heavy atom. The molecule has 0 saturated heterocycles. The number of likely N-dealkylation sites (N-methyl/N-ethyl adjacent to an activating group) is 2. The molecule has 0 aliphatic carbocycles. The van der Waals surface area contributed by atoms with Crippen LogP contribution in [0.2, 0.25) is 0 Å². The van der Waals surface area contributed by atoms with Gasteiger partial charge in [0.1, 0.15) is 18.0 Å². The fourth-order valence-corrected chi connectivity index (χ4v) is 1.79. The number of aromatic nitrogens is 2. The van der Waals surface area contributed by atoms with Gasteiger partial charge in [-0.05, 0) is 20.8 Å². The Hall–Kier alpha value is -1.85. The van der Waals surface area contributed by atoms with Crippen molar-refractivity contribution in [3.05, 3.63) is 11.9 Å². The lowest BCUT2D eigenvalue weighted by Gasteiger charge is -2.24. The highest BCUT2D eigenvalue weighted by molar-refractivity contribution is 5.81. The molecule has 0 aliphatic heterocycles. The molecule has 6 heteroatoms. The van der Waals surface area contributed by atoms with Crippen molar-refractivity contribution in [2.24, 2.45) is 0 Å². The first-order valence-corrected chi connectivity index (χ1v) is 6.07. The monoisotopic (exact) mass is 251 g/mol. The number of amides is 1. The average Bonchev–Trinajstić information content (AvgIpc) is 2.34. The van der Waals surface area contributed by atoms with Crippen LogP contribution in [0.4, 0.5) is 11.6 Å². The van der Waals surface area contributed by atoms with E-state index in [1.165, 1.54) is 6.33 Å². The quantitative estimate of drug-likeness (QED) is 0.832. The summed E-state index contributed by atoms with van der Waals surface area (Å²) >= 11 is 0. The maximum Gasteiger partial charge on any atom is 0.242 e. The van der Waals surface area contributed by atoms with Gasteiger partial charge in [0, 0.05) is 25.7 Å². The molecule has 0 spiro atoms. The van der Waals surface area contributed by atoms with Gasteiger partial charge in [-0.3, -0.25) is 4.79 Å². The summed E-state index contributed by atoms with van der Waals surface area (Å²) in [5, 5.41) is 0. The first-order valence-electron chi connectivity index (χ1n) is 6.07. The van der Waals surface area contributed by atoms with E-state index in [1.54, 1.807) is 9.80 Å². The molecular formula is C12H21N5O. The number of nitrogen functional groups attached to an aromatic ring is 1. The Morgan fingerprint density at radius 3 is 2.50 bits per heavy atom. The lowest BCUT2D eigenvalue weighted by molar-refractivity contribution is -0.129. The van der Waals surface area contributed by atoms with Crippen molar-refractivity contribution in [3.8, 4) is 0 Å². The summed E-state index contributed by atoms with van der Waals surface area (Å²) < 4.78 is 0. The maximum atomic E-state index is 12.0. The van der Waals surface area contributed by atoms with Crippen LogP contribution in [0, 0.1) is 6.92 Å². The highest BCUT2D eigenvalue weighted by atomic mass is 16.2. The maximum absolute atomic E-state index is 12.0. The molecule has 2 N–H and O–H groups in total. The summed E-state index contributed by atoms with van der Waals surface area (Å²) in [6.45, 7) is 7.51. The van der Waals surface area contributed by atoms with Crippen LogP contribution in [0.25, 0.3) is 0 Å². The van der Waals surface area contributed by atoms with Crippen molar-refractivity contribution in [1.82, 2.24) is 14.9 Å². The van der Waals surface area contributed by atoms with Crippen molar-refractivity contribution in [2.45, 2.75) is 20.8 Å². The zero-order chi connectivity index (χ0) is 13.7. The molecule has 0 aliphatic rings. The Bertz CT molecular complexity index is 417. The largest absolute Gasteiger partial charge is 0.383 e. The van der Waals surface area contributed by atoms with Crippen molar-refractivity contribution < 1.29 is 4.79 Å². The number of rotatable bonds is 5. The molecule has 1 amide bonds. The fourth-order valence-electron chi connectivity index (χ4n) is 1.79. The number of hydrogen-bond acceptors (Lipinski definition) is 5. The summed E-state index contributed by atoms with van der Waals surface area (Å²) in [7, 11) is 1.83. The second kappa shape index (κ2) is 6.18. The molecule has 0 bridgehead atoms. The number of anilines is 2. The Morgan fingerprint density at radius 1 is 1.33 bits per heavy atom. The van der Waals surface area contributed by atoms with Gasteiger partial charge in [-0.15, -0.1) is 0 Å². The van der Waals surface area contributed by atoms with Gasteiger partial charge in [0.2, 0.25) is 5.91 Å². The summed E-state index contributed by atoms with van der Waals surface area (Å²) in [5.74, 6) is 1.23. The van der Waals surface area contributed by atoms with E-state index < -0.39 is 0 Å². The Labute approximate surface area is 108 Å². The van der Waals surface area contributed by atoms with E-state index in [0.29, 0.717) is 31.3 Å². The van der Waals surface area contributed by atoms with Crippen LogP contribution < -0.4 is 10.6 Å². The standard InChI is InChI=1S/C12H21N5O/c1-5-17(6-2)10(18)7-16(4)12-9(3)11(13)14-8-15-12/h8H,5-7H2,1-4H3,(H2,13,14,15). The molecule has 0 aromatic carbocycles. The third kappa shape index (κ3) is 3.09. The molecule has 1 aromatic rings. The van der Waals surface area contributed by atoms with Gasteiger partial charge in [-0.25, -0.2) is 9.97 Å². The van der Waals surface area contributed by atoms with Crippen LogP contribution in [0.3, 0.4) is 0 Å². The van der Waals surface area contributed by atoms with Crippen molar-refractivity contribution in [3.63, 3.8) is 0 Å². The van der Waals surface area contributed by atoms with Crippen molar-refractivity contribution in [1.29, 1.82) is 0 Å². The second-order valence-electron chi connectivity index (χ2n) is 4.13. The molecule has 1 rings (SSSR count). The van der Waals surface area contributed by atoms with E-state index in [2.05, 4.69) is 9.97 Å². The second-order valence-corrected chi connectivity index (χ2v) is 4.13. The summed E-state index contributed by atoms with van der Waals surface area (Å²) in [5.41, 5.74) is 6.53. The Kier molecular flexibility index (Phi) is 4.88. The van der Waals surface area contributed by atoms with Crippen molar-refractivity contribution >= 4 is 17.5 Å². The summed E-state index contributed by atoms with van der Waals surface area (Å²) in [4.78, 5) is 23.7. The predicted molar refractivity (Wildman–Crippen MR) is 72.4 cm³/mol. The van der Waals surface area contributed by atoms with Crippen LogP contribution in [-0.4, -0.2) is 47.5 Å². The van der Waals surface area contributed by atoms with E-state index >= 15 is 0 Å². The van der Waals surface area contributed by atoms with E-state index in [4.69, 9.17) is 5.73 Å². The van der Waals surface area contributed by atoms with Gasteiger partial charge < -0.3 is 15.5 Å². The number of nitrogens with zero attached hydrogens (tertiary/aromatic N) is 4. The SMILES string of the molecule is CCN(CC)C(=O)CN(C)c1ncnc(N)c1C. The topological polar surface area (TPSA) is 75.4 Å². The van der Waals surface area contributed by atoms with Crippen LogP contribution in [0.15, 0.2) is 6.33 Å². The van der Waals surface area contributed by atoms with Crippen molar-refractivity contribution in [2.75, 3.05) is 37.3 Å². The number of hydrogen-bond donors (Lipinski definition) is 1. The lowest BCUT2D eigenvalue weighted by atomic mass is 10.3. The van der Waals surface area contributed by atoms with Gasteiger partial charge >= 0.3 is 0 Å². The minimum atomic E-state index is 0.0825. The van der Waals surface area contributed by atoms with Gasteiger partial charge in [0.15, 0.2) is 0 Å². The lowest BCUT2D eigenvalue weighted by Crippen LogP contribution is -2.39. The molecule has 0 unspecified atom stereocenters. The smallest absolute Gasteiger partial charge is 0.242 e. The zero-order valence-corrected chi connectivity index (χ0v) is 11.5. The first kappa shape index (κ1) is 14.2. The number of carbonyl (C=O) groups excluding carboxylic acids is 1. The van der Waals surface area contributed by atoms with E-state index in [1.807, 2.05) is 27.8 Å². The van der Waals surface area contributed by atoms with Crippen LogP contribution in [-0.2, 0) is 4.79 Å². The van der Waals surface area contributed by atoms with E-state index in [-0.39, 0.29) is 5.91 Å².